The van der Waals surface area contributed by atoms with Crippen molar-refractivity contribution in [2.24, 2.45) is 4.99 Å². The number of hydrogen-bond donors (Lipinski definition) is 0. The van der Waals surface area contributed by atoms with E-state index in [4.69, 9.17) is 0 Å². The van der Waals surface area contributed by atoms with Crippen LogP contribution < -0.4 is 0 Å². The van der Waals surface area contributed by atoms with Crippen molar-refractivity contribution in [2.75, 3.05) is 14.1 Å². The van der Waals surface area contributed by atoms with Crippen molar-refractivity contribution in [3.8, 4) is 0 Å². The third kappa shape index (κ3) is 2.27. The summed E-state index contributed by atoms with van der Waals surface area (Å²) in [5.74, 6) is 1.02. The van der Waals surface area contributed by atoms with E-state index in [0.29, 0.717) is 0 Å². The van der Waals surface area contributed by atoms with Crippen molar-refractivity contribution in [1.82, 2.24) is 15.1 Å². The van der Waals surface area contributed by atoms with Gasteiger partial charge in [-0.25, -0.2) is 4.99 Å². The summed E-state index contributed by atoms with van der Waals surface area (Å²) in [6, 6.07) is 0. The van der Waals surface area contributed by atoms with Gasteiger partial charge in [0.25, 0.3) is 0 Å². The average Bonchev–Trinajstić information content (AvgIpc) is 2.51. The number of aromatic nitrogens is 2. The average molecular weight is 184 g/mol. The molecule has 0 amide bonds. The number of hydrogen-bond acceptors (Lipinski definition) is 4. The Hall–Kier alpha value is -0.970. The van der Waals surface area contributed by atoms with E-state index in [-0.39, 0.29) is 0 Å². The number of amidine groups is 1. The van der Waals surface area contributed by atoms with Gasteiger partial charge in [0.1, 0.15) is 11.3 Å². The molecule has 1 heterocycles. The number of nitrogens with zero attached hydrogens (tertiary/aromatic N) is 4. The van der Waals surface area contributed by atoms with Gasteiger partial charge in [-0.1, -0.05) is 18.3 Å². The molecule has 0 aliphatic rings. The van der Waals surface area contributed by atoms with Crippen molar-refractivity contribution >= 4 is 22.3 Å². The normalized spacial score (nSPS) is 11.8. The summed E-state index contributed by atoms with van der Waals surface area (Å²) in [5.41, 5.74) is 1.68. The van der Waals surface area contributed by atoms with Crippen LogP contribution in [0.2, 0.25) is 0 Å². The van der Waals surface area contributed by atoms with Gasteiger partial charge in [0.05, 0.1) is 0 Å². The van der Waals surface area contributed by atoms with E-state index in [2.05, 4.69) is 22.1 Å². The van der Waals surface area contributed by atoms with Crippen LogP contribution in [0.1, 0.15) is 13.3 Å². The second kappa shape index (κ2) is 4.15. The lowest BCUT2D eigenvalue weighted by molar-refractivity contribution is 0.607. The molecule has 1 aromatic rings. The fourth-order valence-electron chi connectivity index (χ4n) is 0.822. The zero-order valence-corrected chi connectivity index (χ0v) is 8.30. The van der Waals surface area contributed by atoms with E-state index >= 15 is 0 Å². The van der Waals surface area contributed by atoms with Crippen LogP contribution in [0.15, 0.2) is 10.5 Å². The van der Waals surface area contributed by atoms with E-state index < -0.39 is 0 Å². The Morgan fingerprint density at radius 1 is 1.67 bits per heavy atom. The molecule has 1 rings (SSSR count). The Morgan fingerprint density at radius 3 is 2.83 bits per heavy atom. The van der Waals surface area contributed by atoms with Gasteiger partial charge in [-0.05, 0) is 0 Å². The topological polar surface area (TPSA) is 41.4 Å². The highest BCUT2D eigenvalue weighted by atomic mass is 32.1. The van der Waals surface area contributed by atoms with Gasteiger partial charge in [-0.15, -0.1) is 10.2 Å². The molecule has 5 heteroatoms. The molecule has 0 saturated heterocycles. The summed E-state index contributed by atoms with van der Waals surface area (Å²) in [5, 5.41) is 8.28. The minimum Gasteiger partial charge on any atom is -0.366 e. The Labute approximate surface area is 76.0 Å². The van der Waals surface area contributed by atoms with Crippen molar-refractivity contribution < 1.29 is 0 Å². The monoisotopic (exact) mass is 184 g/mol. The molecule has 0 radical (unpaired) electrons. The number of aliphatic imine (C=N–C) groups is 1. The van der Waals surface area contributed by atoms with Crippen molar-refractivity contribution in [1.29, 1.82) is 0 Å². The lowest BCUT2D eigenvalue weighted by Gasteiger charge is -2.12. The van der Waals surface area contributed by atoms with E-state index in [1.165, 1.54) is 11.3 Å². The van der Waals surface area contributed by atoms with Crippen LogP contribution in [0.5, 0.6) is 0 Å². The van der Waals surface area contributed by atoms with Crippen molar-refractivity contribution in [3.63, 3.8) is 0 Å². The Balaban J connectivity index is 2.78. The minimum absolute atomic E-state index is 0.723. The lowest BCUT2D eigenvalue weighted by Crippen LogP contribution is -2.20. The molecule has 0 aliphatic heterocycles. The van der Waals surface area contributed by atoms with Gasteiger partial charge in [-0.3, -0.25) is 0 Å². The van der Waals surface area contributed by atoms with Gasteiger partial charge in [0.15, 0.2) is 0 Å². The summed E-state index contributed by atoms with van der Waals surface area (Å²) < 4.78 is 0. The van der Waals surface area contributed by atoms with E-state index in [0.717, 1.165) is 17.4 Å². The van der Waals surface area contributed by atoms with Crippen LogP contribution in [0.25, 0.3) is 0 Å². The highest BCUT2D eigenvalue weighted by molar-refractivity contribution is 7.13. The fraction of sp³-hybridized carbons (Fsp3) is 0.571. The van der Waals surface area contributed by atoms with E-state index in [9.17, 15) is 0 Å². The highest BCUT2D eigenvalue weighted by Gasteiger charge is 2.00. The van der Waals surface area contributed by atoms with Crippen LogP contribution in [-0.4, -0.2) is 35.0 Å². The third-order valence-corrected chi connectivity index (χ3v) is 1.99. The van der Waals surface area contributed by atoms with Crippen LogP contribution in [0, 0.1) is 0 Å². The van der Waals surface area contributed by atoms with E-state index in [1.54, 1.807) is 5.51 Å². The smallest absolute Gasteiger partial charge is 0.233 e. The molecule has 0 saturated carbocycles. The maximum absolute atomic E-state index is 4.32. The van der Waals surface area contributed by atoms with Crippen LogP contribution in [0.3, 0.4) is 0 Å². The van der Waals surface area contributed by atoms with Crippen LogP contribution in [0.4, 0.5) is 5.13 Å². The molecule has 0 bridgehead atoms. The standard InChI is InChI=1S/C7H12N4S/c1-4-6(11(2)3)9-7-10-8-5-12-7/h5H,4H2,1-3H3. The summed E-state index contributed by atoms with van der Waals surface area (Å²) in [6.07, 6.45) is 0.909. The Bertz CT molecular complexity index is 252. The molecule has 0 spiro atoms. The molecule has 0 fully saturated rings. The molecular formula is C7H12N4S. The first-order chi connectivity index (χ1) is 5.74. The maximum Gasteiger partial charge on any atom is 0.233 e. The van der Waals surface area contributed by atoms with Crippen LogP contribution in [-0.2, 0) is 0 Å². The molecule has 4 nitrogen and oxygen atoms in total. The third-order valence-electron chi connectivity index (χ3n) is 1.41. The summed E-state index contributed by atoms with van der Waals surface area (Å²) in [7, 11) is 3.95. The first-order valence-corrected chi connectivity index (χ1v) is 4.63. The molecule has 12 heavy (non-hydrogen) atoms. The quantitative estimate of drug-likeness (QED) is 0.517. The maximum atomic E-state index is 4.32. The molecule has 0 aromatic carbocycles. The summed E-state index contributed by atoms with van der Waals surface area (Å²) >= 11 is 1.45. The highest BCUT2D eigenvalue weighted by Crippen LogP contribution is 2.13. The second-order valence-corrected chi connectivity index (χ2v) is 3.31. The number of rotatable bonds is 2. The molecule has 0 atom stereocenters. The molecule has 0 unspecified atom stereocenters. The molecule has 66 valence electrons. The SMILES string of the molecule is CCC(=Nc1nncs1)N(C)C. The Kier molecular flexibility index (Phi) is 3.16. The van der Waals surface area contributed by atoms with Gasteiger partial charge < -0.3 is 4.90 Å². The summed E-state index contributed by atoms with van der Waals surface area (Å²) in [6.45, 7) is 2.07. The largest absolute Gasteiger partial charge is 0.366 e. The zero-order chi connectivity index (χ0) is 8.97. The predicted molar refractivity (Wildman–Crippen MR) is 51.0 cm³/mol. The molecule has 0 aliphatic carbocycles. The molecule has 1 aromatic heterocycles. The minimum atomic E-state index is 0.723. The Morgan fingerprint density at radius 2 is 2.42 bits per heavy atom. The van der Waals surface area contributed by atoms with Gasteiger partial charge in [0.2, 0.25) is 5.13 Å². The summed E-state index contributed by atoms with van der Waals surface area (Å²) in [4.78, 5) is 6.31. The van der Waals surface area contributed by atoms with Crippen molar-refractivity contribution in [3.05, 3.63) is 5.51 Å². The first kappa shape index (κ1) is 9.12. The fourth-order valence-corrected chi connectivity index (χ4v) is 1.26. The van der Waals surface area contributed by atoms with E-state index in [1.807, 2.05) is 19.0 Å². The molecule has 0 N–H and O–H groups in total. The lowest BCUT2D eigenvalue weighted by atomic mass is 10.4. The zero-order valence-electron chi connectivity index (χ0n) is 7.48. The first-order valence-electron chi connectivity index (χ1n) is 3.75. The van der Waals surface area contributed by atoms with Gasteiger partial charge >= 0.3 is 0 Å². The van der Waals surface area contributed by atoms with Gasteiger partial charge in [-0.2, -0.15) is 0 Å². The predicted octanol–water partition coefficient (Wildman–Crippen LogP) is 1.54. The second-order valence-electron chi connectivity index (χ2n) is 2.50. The van der Waals surface area contributed by atoms with Gasteiger partial charge in [0, 0.05) is 20.5 Å². The van der Waals surface area contributed by atoms with Crippen molar-refractivity contribution in [2.45, 2.75) is 13.3 Å². The van der Waals surface area contributed by atoms with Crippen LogP contribution >= 0.6 is 11.3 Å². The molecular weight excluding hydrogens is 172 g/mol.